The second-order valence-electron chi connectivity index (χ2n) is 6.26. The maximum absolute atomic E-state index is 13.7. The molecule has 0 bridgehead atoms. The topological polar surface area (TPSA) is 15.3 Å². The highest BCUT2D eigenvalue weighted by molar-refractivity contribution is 5.25. The van der Waals surface area contributed by atoms with Gasteiger partial charge in [0.25, 0.3) is 0 Å². The zero-order valence-corrected chi connectivity index (χ0v) is 13.7. The van der Waals surface area contributed by atoms with Crippen LogP contribution in [-0.2, 0) is 0 Å². The summed E-state index contributed by atoms with van der Waals surface area (Å²) in [6.45, 7) is 6.37. The van der Waals surface area contributed by atoms with Gasteiger partial charge < -0.3 is 10.2 Å². The van der Waals surface area contributed by atoms with Gasteiger partial charge in [0.05, 0.1) is 0 Å². The second-order valence-corrected chi connectivity index (χ2v) is 6.26. The Balaban J connectivity index is 1.92. The zero-order chi connectivity index (χ0) is 15.2. The van der Waals surface area contributed by atoms with Crippen LogP contribution in [0.4, 0.5) is 4.39 Å². The predicted molar refractivity (Wildman–Crippen MR) is 87.1 cm³/mol. The SMILES string of the molecule is CCCCN(CCC(NC)c1ccc(C)c(F)c1)C1CC1. The van der Waals surface area contributed by atoms with E-state index in [1.54, 1.807) is 6.07 Å². The van der Waals surface area contributed by atoms with Gasteiger partial charge in [-0.25, -0.2) is 4.39 Å². The Labute approximate surface area is 128 Å². The lowest BCUT2D eigenvalue weighted by atomic mass is 10.0. The summed E-state index contributed by atoms with van der Waals surface area (Å²) in [5.74, 6) is -0.0993. The van der Waals surface area contributed by atoms with Crippen LogP contribution in [0.25, 0.3) is 0 Å². The van der Waals surface area contributed by atoms with Gasteiger partial charge in [0.2, 0.25) is 0 Å². The van der Waals surface area contributed by atoms with Crippen molar-refractivity contribution >= 4 is 0 Å². The maximum Gasteiger partial charge on any atom is 0.126 e. The van der Waals surface area contributed by atoms with E-state index in [1.807, 2.05) is 26.1 Å². The lowest BCUT2D eigenvalue weighted by molar-refractivity contribution is 0.245. The summed E-state index contributed by atoms with van der Waals surface area (Å²) in [6.07, 6.45) is 6.28. The van der Waals surface area contributed by atoms with Crippen molar-refractivity contribution in [2.75, 3.05) is 20.1 Å². The Kier molecular flexibility index (Phi) is 6.19. The van der Waals surface area contributed by atoms with Gasteiger partial charge in [0, 0.05) is 18.6 Å². The third-order valence-corrected chi connectivity index (χ3v) is 4.51. The van der Waals surface area contributed by atoms with E-state index in [-0.39, 0.29) is 11.9 Å². The minimum atomic E-state index is -0.0993. The third kappa shape index (κ3) is 4.79. The molecule has 1 aliphatic rings. The van der Waals surface area contributed by atoms with E-state index >= 15 is 0 Å². The van der Waals surface area contributed by atoms with Gasteiger partial charge in [-0.2, -0.15) is 0 Å². The summed E-state index contributed by atoms with van der Waals surface area (Å²) >= 11 is 0. The maximum atomic E-state index is 13.7. The highest BCUT2D eigenvalue weighted by Crippen LogP contribution is 2.28. The van der Waals surface area contributed by atoms with Crippen molar-refractivity contribution < 1.29 is 4.39 Å². The normalized spacial score (nSPS) is 16.4. The fraction of sp³-hybridized carbons (Fsp3) is 0.667. The van der Waals surface area contributed by atoms with Gasteiger partial charge in [-0.3, -0.25) is 0 Å². The van der Waals surface area contributed by atoms with Crippen molar-refractivity contribution in [1.82, 2.24) is 10.2 Å². The Morgan fingerprint density at radius 1 is 1.33 bits per heavy atom. The van der Waals surface area contributed by atoms with Crippen LogP contribution in [0.1, 0.15) is 56.2 Å². The number of aryl methyl sites for hydroxylation is 1. The summed E-state index contributed by atoms with van der Waals surface area (Å²) in [5, 5.41) is 3.34. The number of hydrogen-bond donors (Lipinski definition) is 1. The number of hydrogen-bond acceptors (Lipinski definition) is 2. The number of nitrogens with zero attached hydrogens (tertiary/aromatic N) is 1. The molecule has 21 heavy (non-hydrogen) atoms. The third-order valence-electron chi connectivity index (χ3n) is 4.51. The molecule has 1 atom stereocenters. The van der Waals surface area contributed by atoms with E-state index in [4.69, 9.17) is 0 Å². The Bertz CT molecular complexity index is 443. The van der Waals surface area contributed by atoms with Crippen molar-refractivity contribution in [3.8, 4) is 0 Å². The first-order valence-electron chi connectivity index (χ1n) is 8.33. The summed E-state index contributed by atoms with van der Waals surface area (Å²) < 4.78 is 13.7. The van der Waals surface area contributed by atoms with E-state index in [0.29, 0.717) is 0 Å². The molecule has 0 aromatic heterocycles. The monoisotopic (exact) mass is 292 g/mol. The molecule has 1 N–H and O–H groups in total. The van der Waals surface area contributed by atoms with Gasteiger partial charge >= 0.3 is 0 Å². The van der Waals surface area contributed by atoms with Crippen LogP contribution in [0.2, 0.25) is 0 Å². The molecule has 1 aromatic rings. The number of benzene rings is 1. The first-order chi connectivity index (χ1) is 10.2. The quantitative estimate of drug-likeness (QED) is 0.738. The molecule has 1 unspecified atom stereocenters. The van der Waals surface area contributed by atoms with Crippen molar-refractivity contribution in [1.29, 1.82) is 0 Å². The Morgan fingerprint density at radius 2 is 2.10 bits per heavy atom. The summed E-state index contributed by atoms with van der Waals surface area (Å²) in [4.78, 5) is 2.62. The van der Waals surface area contributed by atoms with Crippen LogP contribution >= 0.6 is 0 Å². The highest BCUT2D eigenvalue weighted by atomic mass is 19.1. The van der Waals surface area contributed by atoms with E-state index in [9.17, 15) is 4.39 Å². The van der Waals surface area contributed by atoms with Gasteiger partial charge in [-0.05, 0) is 63.4 Å². The van der Waals surface area contributed by atoms with E-state index in [2.05, 4.69) is 17.1 Å². The molecule has 0 heterocycles. The van der Waals surface area contributed by atoms with Crippen molar-refractivity contribution in [3.63, 3.8) is 0 Å². The molecule has 1 aliphatic carbocycles. The minimum Gasteiger partial charge on any atom is -0.313 e. The number of nitrogens with one attached hydrogen (secondary N) is 1. The summed E-state index contributed by atoms with van der Waals surface area (Å²) in [6, 6.07) is 6.66. The van der Waals surface area contributed by atoms with E-state index in [1.165, 1.54) is 32.2 Å². The number of rotatable bonds is 9. The zero-order valence-electron chi connectivity index (χ0n) is 13.7. The molecule has 1 fully saturated rings. The molecule has 0 spiro atoms. The average molecular weight is 292 g/mol. The van der Waals surface area contributed by atoms with Crippen LogP contribution in [0.3, 0.4) is 0 Å². The van der Waals surface area contributed by atoms with Crippen LogP contribution < -0.4 is 5.32 Å². The molecule has 2 rings (SSSR count). The number of unbranched alkanes of at least 4 members (excludes halogenated alkanes) is 1. The molecule has 0 aliphatic heterocycles. The van der Waals surface area contributed by atoms with Crippen molar-refractivity contribution in [2.24, 2.45) is 0 Å². The predicted octanol–water partition coefficient (Wildman–Crippen LogP) is 4.05. The summed E-state index contributed by atoms with van der Waals surface area (Å²) in [7, 11) is 1.97. The van der Waals surface area contributed by atoms with Crippen LogP contribution in [0, 0.1) is 12.7 Å². The van der Waals surface area contributed by atoms with Crippen LogP contribution in [0.15, 0.2) is 18.2 Å². The van der Waals surface area contributed by atoms with Gasteiger partial charge in [-0.1, -0.05) is 25.5 Å². The Morgan fingerprint density at radius 3 is 2.67 bits per heavy atom. The molecule has 0 amide bonds. The van der Waals surface area contributed by atoms with Crippen molar-refractivity contribution in [2.45, 2.75) is 58.0 Å². The average Bonchev–Trinajstić information content (AvgIpc) is 3.31. The van der Waals surface area contributed by atoms with E-state index < -0.39 is 0 Å². The standard InChI is InChI=1S/C18H29FN2/c1-4-5-11-21(16-8-9-16)12-10-18(20-3)15-7-6-14(2)17(19)13-15/h6-7,13,16,18,20H,4-5,8-12H2,1-3H3. The van der Waals surface area contributed by atoms with Gasteiger partial charge in [-0.15, -0.1) is 0 Å². The molecule has 0 saturated heterocycles. The second kappa shape index (κ2) is 7.90. The fourth-order valence-electron chi connectivity index (χ4n) is 2.88. The minimum absolute atomic E-state index is 0.0993. The molecular weight excluding hydrogens is 263 g/mol. The molecule has 3 heteroatoms. The van der Waals surface area contributed by atoms with Crippen LogP contribution in [0.5, 0.6) is 0 Å². The molecule has 2 nitrogen and oxygen atoms in total. The van der Waals surface area contributed by atoms with Gasteiger partial charge in [0.1, 0.15) is 5.82 Å². The molecule has 1 saturated carbocycles. The lowest BCUT2D eigenvalue weighted by Gasteiger charge is -2.25. The first-order valence-corrected chi connectivity index (χ1v) is 8.33. The highest BCUT2D eigenvalue weighted by Gasteiger charge is 2.28. The first kappa shape index (κ1) is 16.4. The Hall–Kier alpha value is -0.930. The largest absolute Gasteiger partial charge is 0.313 e. The molecule has 1 aromatic carbocycles. The molecule has 118 valence electrons. The lowest BCUT2D eigenvalue weighted by Crippen LogP contribution is -2.31. The van der Waals surface area contributed by atoms with Gasteiger partial charge in [0.15, 0.2) is 0 Å². The number of halogens is 1. The smallest absolute Gasteiger partial charge is 0.126 e. The van der Waals surface area contributed by atoms with E-state index in [0.717, 1.165) is 30.1 Å². The van der Waals surface area contributed by atoms with Crippen molar-refractivity contribution in [3.05, 3.63) is 35.1 Å². The molecule has 0 radical (unpaired) electrons. The van der Waals surface area contributed by atoms with Crippen LogP contribution in [-0.4, -0.2) is 31.1 Å². The fourth-order valence-corrected chi connectivity index (χ4v) is 2.88. The molecular formula is C18H29FN2. The summed E-state index contributed by atoms with van der Waals surface area (Å²) in [5.41, 5.74) is 1.78.